The van der Waals surface area contributed by atoms with E-state index in [-0.39, 0.29) is 5.56 Å². The molecule has 0 radical (unpaired) electrons. The molecule has 4 aromatic rings. The second kappa shape index (κ2) is 7.75. The zero-order chi connectivity index (χ0) is 21.4. The van der Waals surface area contributed by atoms with E-state index in [0.29, 0.717) is 53.7 Å². The number of para-hydroxylation sites is 1. The molecule has 30 heavy (non-hydrogen) atoms. The van der Waals surface area contributed by atoms with Crippen LogP contribution in [0.3, 0.4) is 0 Å². The molecule has 4 rings (SSSR count). The number of carbonyl (C=O) groups is 1. The number of fused-ring (bicyclic) bond motifs is 3. The van der Waals surface area contributed by atoms with Crippen molar-refractivity contribution in [3.8, 4) is 0 Å². The van der Waals surface area contributed by atoms with Crippen LogP contribution in [-0.4, -0.2) is 44.2 Å². The second-order valence-electron chi connectivity index (χ2n) is 7.16. The molecule has 0 aliphatic carbocycles. The summed E-state index contributed by atoms with van der Waals surface area (Å²) in [6.45, 7) is 5.09. The third kappa shape index (κ3) is 3.26. The summed E-state index contributed by atoms with van der Waals surface area (Å²) in [6.07, 6.45) is 0. The average Bonchev–Trinajstić information content (AvgIpc) is 3.31. The molecular weight excluding hydrogens is 386 g/mol. The van der Waals surface area contributed by atoms with E-state index in [1.165, 1.54) is 7.11 Å². The van der Waals surface area contributed by atoms with E-state index >= 15 is 0 Å². The standard InChI is InChI=1S/C21H23N5O4/c1-5-25-19(27)15-8-6-7-9-17(15)26-18(22-23-21(25)26)12-24(3)11-14-10-16(13(2)30-14)20(28)29-4/h6-10H,5,11-12H2,1-4H3. The van der Waals surface area contributed by atoms with Gasteiger partial charge in [-0.2, -0.15) is 0 Å². The lowest BCUT2D eigenvalue weighted by molar-refractivity contribution is 0.0599. The molecule has 3 heterocycles. The molecule has 0 unspecified atom stereocenters. The van der Waals surface area contributed by atoms with Crippen LogP contribution in [0.5, 0.6) is 0 Å². The topological polar surface area (TPSA) is 94.9 Å². The Hall–Kier alpha value is -3.46. The molecule has 0 spiro atoms. The number of hydrogen-bond acceptors (Lipinski definition) is 7. The third-order valence-electron chi connectivity index (χ3n) is 5.10. The number of ether oxygens (including phenoxy) is 1. The van der Waals surface area contributed by atoms with Gasteiger partial charge in [0.1, 0.15) is 17.1 Å². The summed E-state index contributed by atoms with van der Waals surface area (Å²) in [4.78, 5) is 26.6. The minimum atomic E-state index is -0.419. The number of furan rings is 1. The Morgan fingerprint density at radius 2 is 2.00 bits per heavy atom. The van der Waals surface area contributed by atoms with Crippen LogP contribution in [0.4, 0.5) is 0 Å². The summed E-state index contributed by atoms with van der Waals surface area (Å²) >= 11 is 0. The molecule has 3 aromatic heterocycles. The van der Waals surface area contributed by atoms with Crippen LogP contribution < -0.4 is 5.56 Å². The Morgan fingerprint density at radius 3 is 2.73 bits per heavy atom. The van der Waals surface area contributed by atoms with E-state index in [9.17, 15) is 9.59 Å². The molecule has 0 saturated heterocycles. The maximum absolute atomic E-state index is 12.8. The summed E-state index contributed by atoms with van der Waals surface area (Å²) in [7, 11) is 3.27. The number of nitrogens with zero attached hydrogens (tertiary/aromatic N) is 5. The predicted molar refractivity (Wildman–Crippen MR) is 110 cm³/mol. The summed E-state index contributed by atoms with van der Waals surface area (Å²) in [5, 5.41) is 9.25. The minimum Gasteiger partial charge on any atom is -0.465 e. The number of methoxy groups -OCH3 is 1. The SMILES string of the molecule is CCn1c(=O)c2ccccc2n2c(CN(C)Cc3cc(C(=O)OC)c(C)o3)nnc12. The van der Waals surface area contributed by atoms with Crippen molar-refractivity contribution >= 4 is 22.6 Å². The van der Waals surface area contributed by atoms with E-state index in [1.54, 1.807) is 17.6 Å². The number of aromatic nitrogens is 4. The van der Waals surface area contributed by atoms with Crippen LogP contribution in [0.25, 0.3) is 16.7 Å². The minimum absolute atomic E-state index is 0.0747. The molecule has 0 amide bonds. The van der Waals surface area contributed by atoms with E-state index < -0.39 is 5.97 Å². The second-order valence-corrected chi connectivity index (χ2v) is 7.16. The Labute approximate surface area is 172 Å². The number of aryl methyl sites for hydroxylation is 2. The Balaban J connectivity index is 1.69. The van der Waals surface area contributed by atoms with Gasteiger partial charge in [-0.1, -0.05) is 12.1 Å². The molecule has 0 aliphatic rings. The highest BCUT2D eigenvalue weighted by Gasteiger charge is 2.19. The largest absolute Gasteiger partial charge is 0.465 e. The lowest BCUT2D eigenvalue weighted by Gasteiger charge is -2.15. The lowest BCUT2D eigenvalue weighted by atomic mass is 10.2. The molecule has 156 valence electrons. The Kier molecular flexibility index (Phi) is 5.13. The molecular formula is C21H23N5O4. The normalized spacial score (nSPS) is 11.6. The molecule has 0 saturated carbocycles. The highest BCUT2D eigenvalue weighted by molar-refractivity contribution is 5.90. The first-order chi connectivity index (χ1) is 14.4. The van der Waals surface area contributed by atoms with Crippen molar-refractivity contribution in [1.82, 2.24) is 24.1 Å². The summed E-state index contributed by atoms with van der Waals surface area (Å²) in [5.74, 6) is 1.99. The van der Waals surface area contributed by atoms with Gasteiger partial charge in [-0.15, -0.1) is 10.2 Å². The van der Waals surface area contributed by atoms with E-state index in [4.69, 9.17) is 9.15 Å². The van der Waals surface area contributed by atoms with Crippen LogP contribution in [-0.2, 0) is 24.4 Å². The zero-order valence-corrected chi connectivity index (χ0v) is 17.4. The fourth-order valence-electron chi connectivity index (χ4n) is 3.70. The van der Waals surface area contributed by atoms with Crippen LogP contribution in [0.2, 0.25) is 0 Å². The van der Waals surface area contributed by atoms with Gasteiger partial charge in [0.25, 0.3) is 5.56 Å². The zero-order valence-electron chi connectivity index (χ0n) is 17.4. The number of esters is 1. The van der Waals surface area contributed by atoms with E-state index in [1.807, 2.05) is 47.5 Å². The van der Waals surface area contributed by atoms with Gasteiger partial charge in [-0.25, -0.2) is 4.79 Å². The van der Waals surface area contributed by atoms with Crippen LogP contribution in [0.15, 0.2) is 39.5 Å². The number of benzene rings is 1. The molecule has 9 nitrogen and oxygen atoms in total. The molecule has 1 aromatic carbocycles. The number of rotatable bonds is 6. The highest BCUT2D eigenvalue weighted by atomic mass is 16.5. The summed E-state index contributed by atoms with van der Waals surface area (Å²) in [6, 6.07) is 9.16. The van der Waals surface area contributed by atoms with Gasteiger partial charge in [-0.3, -0.25) is 18.7 Å². The monoisotopic (exact) mass is 409 g/mol. The van der Waals surface area contributed by atoms with Crippen LogP contribution >= 0.6 is 0 Å². The third-order valence-corrected chi connectivity index (χ3v) is 5.10. The molecule has 9 heteroatoms. The fraction of sp³-hybridized carbons (Fsp3) is 0.333. The molecule has 0 bridgehead atoms. The highest BCUT2D eigenvalue weighted by Crippen LogP contribution is 2.19. The smallest absolute Gasteiger partial charge is 0.341 e. The van der Waals surface area contributed by atoms with Crippen molar-refractivity contribution in [2.75, 3.05) is 14.2 Å². The lowest BCUT2D eigenvalue weighted by Crippen LogP contribution is -2.24. The van der Waals surface area contributed by atoms with Gasteiger partial charge in [0.2, 0.25) is 5.78 Å². The van der Waals surface area contributed by atoms with Gasteiger partial charge in [-0.05, 0) is 39.1 Å². The molecule has 0 fully saturated rings. The van der Waals surface area contributed by atoms with Crippen molar-refractivity contribution < 1.29 is 13.9 Å². The quantitative estimate of drug-likeness (QED) is 0.451. The predicted octanol–water partition coefficient (Wildman–Crippen LogP) is 2.38. The first-order valence-electron chi connectivity index (χ1n) is 9.66. The molecule has 0 N–H and O–H groups in total. The van der Waals surface area contributed by atoms with Crippen molar-refractivity contribution in [2.24, 2.45) is 0 Å². The van der Waals surface area contributed by atoms with E-state index in [2.05, 4.69) is 10.2 Å². The van der Waals surface area contributed by atoms with Crippen molar-refractivity contribution in [3.63, 3.8) is 0 Å². The van der Waals surface area contributed by atoms with Crippen molar-refractivity contribution in [2.45, 2.75) is 33.5 Å². The maximum Gasteiger partial charge on any atom is 0.341 e. The van der Waals surface area contributed by atoms with Crippen molar-refractivity contribution in [3.05, 3.63) is 63.6 Å². The summed E-state index contributed by atoms with van der Waals surface area (Å²) < 4.78 is 14.0. The molecule has 0 aliphatic heterocycles. The van der Waals surface area contributed by atoms with Crippen LogP contribution in [0, 0.1) is 6.92 Å². The average molecular weight is 409 g/mol. The van der Waals surface area contributed by atoms with E-state index in [0.717, 1.165) is 5.52 Å². The Bertz CT molecular complexity index is 1300. The fourth-order valence-corrected chi connectivity index (χ4v) is 3.70. The van der Waals surface area contributed by atoms with Gasteiger partial charge in [0.05, 0.1) is 31.1 Å². The van der Waals surface area contributed by atoms with Gasteiger partial charge in [0.15, 0.2) is 5.82 Å². The van der Waals surface area contributed by atoms with Gasteiger partial charge >= 0.3 is 5.97 Å². The Morgan fingerprint density at radius 1 is 1.23 bits per heavy atom. The van der Waals surface area contributed by atoms with Crippen LogP contribution in [0.1, 0.15) is 34.6 Å². The van der Waals surface area contributed by atoms with Gasteiger partial charge < -0.3 is 9.15 Å². The first-order valence-corrected chi connectivity index (χ1v) is 9.66. The summed E-state index contributed by atoms with van der Waals surface area (Å²) in [5.41, 5.74) is 1.12. The first kappa shape index (κ1) is 19.8. The number of hydrogen-bond donors (Lipinski definition) is 0. The number of carbonyl (C=O) groups excluding carboxylic acids is 1. The maximum atomic E-state index is 12.8. The molecule has 0 atom stereocenters. The van der Waals surface area contributed by atoms with Gasteiger partial charge in [0, 0.05) is 6.54 Å². The van der Waals surface area contributed by atoms with Crippen molar-refractivity contribution in [1.29, 1.82) is 0 Å².